The van der Waals surface area contributed by atoms with Crippen molar-refractivity contribution in [1.29, 1.82) is 0 Å². The molecule has 2 aromatic rings. The lowest BCUT2D eigenvalue weighted by Crippen LogP contribution is -2.11. The smallest absolute Gasteiger partial charge is 0.387 e. The molecule has 1 heterocycles. The van der Waals surface area contributed by atoms with Crippen molar-refractivity contribution in [3.05, 3.63) is 40.1 Å². The van der Waals surface area contributed by atoms with Crippen molar-refractivity contribution in [2.75, 3.05) is 5.32 Å². The Morgan fingerprint density at radius 1 is 1.48 bits per heavy atom. The maximum atomic E-state index is 13.5. The molecule has 112 valence electrons. The highest BCUT2D eigenvalue weighted by molar-refractivity contribution is 7.13. The van der Waals surface area contributed by atoms with Crippen LogP contribution in [0.25, 0.3) is 0 Å². The van der Waals surface area contributed by atoms with Crippen molar-refractivity contribution >= 4 is 22.9 Å². The Bertz CT molecular complexity index is 646. The predicted molar refractivity (Wildman–Crippen MR) is 72.5 cm³/mol. The Kier molecular flexibility index (Phi) is 4.79. The van der Waals surface area contributed by atoms with E-state index < -0.39 is 24.1 Å². The van der Waals surface area contributed by atoms with Gasteiger partial charge in [-0.1, -0.05) is 6.92 Å². The van der Waals surface area contributed by atoms with E-state index in [1.807, 2.05) is 6.92 Å². The Labute approximate surface area is 122 Å². The van der Waals surface area contributed by atoms with Gasteiger partial charge in [0.05, 0.1) is 11.2 Å². The van der Waals surface area contributed by atoms with Gasteiger partial charge >= 0.3 is 6.61 Å². The number of aryl methyl sites for hydroxylation is 1. The van der Waals surface area contributed by atoms with E-state index in [-0.39, 0.29) is 5.69 Å². The average molecular weight is 316 g/mol. The van der Waals surface area contributed by atoms with E-state index >= 15 is 0 Å². The van der Waals surface area contributed by atoms with Gasteiger partial charge in [0.25, 0.3) is 5.91 Å². The Balaban J connectivity index is 2.09. The molecule has 0 fully saturated rings. The van der Waals surface area contributed by atoms with Crippen LogP contribution >= 0.6 is 11.3 Å². The number of carbonyl (C=O) groups excluding carboxylic acids is 1. The number of anilines is 1. The summed E-state index contributed by atoms with van der Waals surface area (Å²) in [5.41, 5.74) is 0.144. The molecule has 21 heavy (non-hydrogen) atoms. The van der Waals surface area contributed by atoms with Gasteiger partial charge in [-0.05, 0) is 18.6 Å². The molecule has 0 aliphatic heterocycles. The number of halogens is 3. The number of benzene rings is 1. The zero-order valence-electron chi connectivity index (χ0n) is 10.9. The molecule has 0 aliphatic carbocycles. The molecule has 2 rings (SSSR count). The summed E-state index contributed by atoms with van der Waals surface area (Å²) < 4.78 is 41.5. The molecule has 1 amide bonds. The number of alkyl halides is 2. The zero-order valence-corrected chi connectivity index (χ0v) is 11.7. The summed E-state index contributed by atoms with van der Waals surface area (Å²) in [6.07, 6.45) is 2.15. The van der Waals surface area contributed by atoms with E-state index in [1.165, 1.54) is 23.6 Å². The third-order valence-electron chi connectivity index (χ3n) is 2.49. The van der Waals surface area contributed by atoms with Crippen LogP contribution in [0, 0.1) is 5.82 Å². The minimum absolute atomic E-state index is 0.144. The summed E-state index contributed by atoms with van der Waals surface area (Å²) in [5.74, 6) is -1.99. The van der Waals surface area contributed by atoms with E-state index in [1.54, 1.807) is 0 Å². The van der Waals surface area contributed by atoms with E-state index in [0.717, 1.165) is 17.1 Å². The fraction of sp³-hybridized carbons (Fsp3) is 0.231. The van der Waals surface area contributed by atoms with Crippen LogP contribution in [0.4, 0.5) is 18.9 Å². The van der Waals surface area contributed by atoms with Crippen molar-refractivity contribution in [2.45, 2.75) is 20.0 Å². The van der Waals surface area contributed by atoms with Crippen LogP contribution in [0.1, 0.15) is 21.6 Å². The van der Waals surface area contributed by atoms with Crippen LogP contribution in [0.2, 0.25) is 0 Å². The molecule has 0 atom stereocenters. The zero-order chi connectivity index (χ0) is 15.4. The van der Waals surface area contributed by atoms with Crippen molar-refractivity contribution < 1.29 is 22.7 Å². The first-order valence-corrected chi connectivity index (χ1v) is 6.81. The van der Waals surface area contributed by atoms with Gasteiger partial charge in [0.1, 0.15) is 4.88 Å². The number of rotatable bonds is 5. The first kappa shape index (κ1) is 15.3. The number of thiazole rings is 1. The lowest BCUT2D eigenvalue weighted by molar-refractivity contribution is -0.0521. The summed E-state index contributed by atoms with van der Waals surface area (Å²) in [6, 6.07) is 3.22. The summed E-state index contributed by atoms with van der Waals surface area (Å²) in [7, 11) is 0. The molecule has 0 unspecified atom stereocenters. The number of nitrogens with one attached hydrogen (secondary N) is 1. The quantitative estimate of drug-likeness (QED) is 0.915. The summed E-state index contributed by atoms with van der Waals surface area (Å²) in [5, 5.41) is 3.28. The van der Waals surface area contributed by atoms with Gasteiger partial charge in [0, 0.05) is 11.8 Å². The third kappa shape index (κ3) is 3.94. The highest BCUT2D eigenvalue weighted by Gasteiger charge is 2.13. The molecule has 0 radical (unpaired) electrons. The number of carbonyl (C=O) groups is 1. The summed E-state index contributed by atoms with van der Waals surface area (Å²) in [6.45, 7) is -1.19. The molecule has 0 bridgehead atoms. The monoisotopic (exact) mass is 316 g/mol. The number of ether oxygens (including phenoxy) is 1. The van der Waals surface area contributed by atoms with Gasteiger partial charge in [0.15, 0.2) is 11.6 Å². The largest absolute Gasteiger partial charge is 0.432 e. The minimum atomic E-state index is -3.11. The number of hydrogen-bond donors (Lipinski definition) is 1. The summed E-state index contributed by atoms with van der Waals surface area (Å²) in [4.78, 5) is 16.3. The Hall–Kier alpha value is -2.09. The number of aromatic nitrogens is 1. The Morgan fingerprint density at radius 2 is 2.24 bits per heavy atom. The standard InChI is InChI=1S/C13H11F3N2O2S/c1-2-11-17-6-10(21-11)12(19)18-7-3-4-9(8(14)5-7)20-13(15)16/h3-6,13H,2H2,1H3,(H,18,19). The Morgan fingerprint density at radius 3 is 2.81 bits per heavy atom. The van der Waals surface area contributed by atoms with E-state index in [2.05, 4.69) is 15.0 Å². The minimum Gasteiger partial charge on any atom is -0.432 e. The average Bonchev–Trinajstić information content (AvgIpc) is 2.90. The second kappa shape index (κ2) is 6.57. The van der Waals surface area contributed by atoms with Gasteiger partial charge in [-0.2, -0.15) is 8.78 Å². The third-order valence-corrected chi connectivity index (χ3v) is 3.63. The normalized spacial score (nSPS) is 10.7. The molecule has 1 aromatic carbocycles. The molecule has 0 aliphatic rings. The molecule has 1 N–H and O–H groups in total. The van der Waals surface area contributed by atoms with Crippen molar-refractivity contribution in [2.24, 2.45) is 0 Å². The fourth-order valence-electron chi connectivity index (χ4n) is 1.54. The maximum Gasteiger partial charge on any atom is 0.387 e. The first-order chi connectivity index (χ1) is 9.99. The number of amides is 1. The van der Waals surface area contributed by atoms with Gasteiger partial charge in [-0.15, -0.1) is 11.3 Å². The van der Waals surface area contributed by atoms with Crippen LogP contribution in [-0.2, 0) is 6.42 Å². The molecular weight excluding hydrogens is 305 g/mol. The first-order valence-electron chi connectivity index (χ1n) is 6.00. The van der Waals surface area contributed by atoms with E-state index in [4.69, 9.17) is 0 Å². The van der Waals surface area contributed by atoms with Gasteiger partial charge in [0.2, 0.25) is 0 Å². The van der Waals surface area contributed by atoms with Crippen molar-refractivity contribution in [1.82, 2.24) is 4.98 Å². The lowest BCUT2D eigenvalue weighted by atomic mass is 10.3. The highest BCUT2D eigenvalue weighted by atomic mass is 32.1. The van der Waals surface area contributed by atoms with Gasteiger partial charge < -0.3 is 10.1 Å². The molecule has 0 saturated carbocycles. The molecule has 8 heteroatoms. The predicted octanol–water partition coefficient (Wildman–Crippen LogP) is 3.70. The van der Waals surface area contributed by atoms with Crippen LogP contribution in [0.3, 0.4) is 0 Å². The molecule has 4 nitrogen and oxygen atoms in total. The van der Waals surface area contributed by atoms with Crippen molar-refractivity contribution in [3.8, 4) is 5.75 Å². The van der Waals surface area contributed by atoms with E-state index in [9.17, 15) is 18.0 Å². The summed E-state index contributed by atoms with van der Waals surface area (Å²) >= 11 is 1.24. The fourth-order valence-corrected chi connectivity index (χ4v) is 2.29. The maximum absolute atomic E-state index is 13.5. The molecule has 0 spiro atoms. The van der Waals surface area contributed by atoms with Crippen LogP contribution in [0.5, 0.6) is 5.75 Å². The molecule has 1 aromatic heterocycles. The van der Waals surface area contributed by atoms with Gasteiger partial charge in [-0.25, -0.2) is 9.37 Å². The van der Waals surface area contributed by atoms with Crippen molar-refractivity contribution in [3.63, 3.8) is 0 Å². The molecule has 0 saturated heterocycles. The second-order valence-electron chi connectivity index (χ2n) is 3.95. The topological polar surface area (TPSA) is 51.2 Å². The van der Waals surface area contributed by atoms with Gasteiger partial charge in [-0.3, -0.25) is 4.79 Å². The van der Waals surface area contributed by atoms with Crippen LogP contribution < -0.4 is 10.1 Å². The van der Waals surface area contributed by atoms with Crippen LogP contribution in [0.15, 0.2) is 24.4 Å². The van der Waals surface area contributed by atoms with Crippen LogP contribution in [-0.4, -0.2) is 17.5 Å². The highest BCUT2D eigenvalue weighted by Crippen LogP contribution is 2.23. The lowest BCUT2D eigenvalue weighted by Gasteiger charge is -2.08. The second-order valence-corrected chi connectivity index (χ2v) is 5.06. The molecular formula is C13H11F3N2O2S. The number of nitrogens with zero attached hydrogens (tertiary/aromatic N) is 1. The van der Waals surface area contributed by atoms with E-state index in [0.29, 0.717) is 11.3 Å². The number of hydrogen-bond acceptors (Lipinski definition) is 4. The SMILES string of the molecule is CCc1ncc(C(=O)Nc2ccc(OC(F)F)c(F)c2)s1.